The van der Waals surface area contributed by atoms with Crippen molar-refractivity contribution in [3.63, 3.8) is 0 Å². The molecular formula is C10H21NO. The van der Waals surface area contributed by atoms with E-state index in [0.29, 0.717) is 12.1 Å². The number of aliphatic hydroxyl groups excluding tert-OH is 1. The summed E-state index contributed by atoms with van der Waals surface area (Å²) in [5, 5.41) is 9.43. The number of hydrogen-bond donors (Lipinski definition) is 1. The summed E-state index contributed by atoms with van der Waals surface area (Å²) in [6, 6.07) is 1.23. The van der Waals surface area contributed by atoms with E-state index < -0.39 is 0 Å². The van der Waals surface area contributed by atoms with Crippen LogP contribution in [-0.4, -0.2) is 34.7 Å². The van der Waals surface area contributed by atoms with E-state index in [2.05, 4.69) is 25.7 Å². The molecule has 0 radical (unpaired) electrons. The zero-order valence-corrected chi connectivity index (χ0v) is 8.45. The summed E-state index contributed by atoms with van der Waals surface area (Å²) in [6.45, 7) is 7.78. The van der Waals surface area contributed by atoms with Crippen LogP contribution in [-0.2, 0) is 0 Å². The predicted octanol–water partition coefficient (Wildman–Crippen LogP) is 1.63. The number of aliphatic hydroxyl groups is 1. The van der Waals surface area contributed by atoms with Crippen LogP contribution in [0.2, 0.25) is 0 Å². The smallest absolute Gasteiger partial charge is 0.0567 e. The minimum atomic E-state index is -0.0553. The molecule has 1 aliphatic heterocycles. The SMILES string of the molecule is CCC(C)N1CCC(O)CC1C. The van der Waals surface area contributed by atoms with Gasteiger partial charge in [0.25, 0.3) is 0 Å². The van der Waals surface area contributed by atoms with Crippen molar-refractivity contribution in [3.05, 3.63) is 0 Å². The Morgan fingerprint density at radius 1 is 1.58 bits per heavy atom. The average molecular weight is 171 g/mol. The van der Waals surface area contributed by atoms with Crippen molar-refractivity contribution in [2.24, 2.45) is 0 Å². The Bertz CT molecular complexity index is 138. The lowest BCUT2D eigenvalue weighted by Crippen LogP contribution is -2.46. The summed E-state index contributed by atoms with van der Waals surface area (Å²) >= 11 is 0. The van der Waals surface area contributed by atoms with Gasteiger partial charge in [-0.15, -0.1) is 0 Å². The standard InChI is InChI=1S/C10H21NO/c1-4-8(2)11-6-5-10(12)7-9(11)3/h8-10,12H,4-7H2,1-3H3. The van der Waals surface area contributed by atoms with Crippen LogP contribution < -0.4 is 0 Å². The van der Waals surface area contributed by atoms with Gasteiger partial charge in [-0.1, -0.05) is 6.92 Å². The molecule has 0 aromatic rings. The number of piperidine rings is 1. The van der Waals surface area contributed by atoms with Crippen molar-refractivity contribution in [2.45, 2.75) is 58.2 Å². The monoisotopic (exact) mass is 171 g/mol. The van der Waals surface area contributed by atoms with Gasteiger partial charge in [0.1, 0.15) is 0 Å². The molecule has 1 heterocycles. The van der Waals surface area contributed by atoms with Gasteiger partial charge in [0, 0.05) is 18.6 Å². The van der Waals surface area contributed by atoms with E-state index in [4.69, 9.17) is 0 Å². The first-order chi connectivity index (χ1) is 5.65. The Balaban J connectivity index is 2.44. The normalized spacial score (nSPS) is 35.0. The second-order valence-corrected chi connectivity index (χ2v) is 4.02. The van der Waals surface area contributed by atoms with Gasteiger partial charge in [0.05, 0.1) is 6.10 Å². The minimum absolute atomic E-state index is 0.0553. The van der Waals surface area contributed by atoms with Gasteiger partial charge in [0.2, 0.25) is 0 Å². The molecule has 0 saturated carbocycles. The van der Waals surface area contributed by atoms with Crippen LogP contribution in [0.5, 0.6) is 0 Å². The van der Waals surface area contributed by atoms with Crippen molar-refractivity contribution < 1.29 is 5.11 Å². The molecule has 1 saturated heterocycles. The molecule has 0 spiro atoms. The Kier molecular flexibility index (Phi) is 3.53. The number of hydrogen-bond acceptors (Lipinski definition) is 2. The molecule has 3 atom stereocenters. The maximum absolute atomic E-state index is 9.43. The van der Waals surface area contributed by atoms with E-state index in [1.807, 2.05) is 0 Å². The zero-order valence-electron chi connectivity index (χ0n) is 8.45. The summed E-state index contributed by atoms with van der Waals surface area (Å²) in [4.78, 5) is 2.51. The van der Waals surface area contributed by atoms with Gasteiger partial charge in [-0.25, -0.2) is 0 Å². The number of nitrogens with zero attached hydrogens (tertiary/aromatic N) is 1. The highest BCUT2D eigenvalue weighted by Gasteiger charge is 2.26. The maximum atomic E-state index is 9.43. The summed E-state index contributed by atoms with van der Waals surface area (Å²) in [7, 11) is 0. The van der Waals surface area contributed by atoms with Crippen molar-refractivity contribution in [1.82, 2.24) is 4.90 Å². The molecule has 2 heteroatoms. The van der Waals surface area contributed by atoms with Crippen molar-refractivity contribution in [2.75, 3.05) is 6.54 Å². The number of rotatable bonds is 2. The first-order valence-electron chi connectivity index (χ1n) is 5.09. The van der Waals surface area contributed by atoms with Crippen LogP contribution >= 0.6 is 0 Å². The van der Waals surface area contributed by atoms with E-state index in [1.54, 1.807) is 0 Å². The molecule has 1 N–H and O–H groups in total. The largest absolute Gasteiger partial charge is 0.393 e. The molecular weight excluding hydrogens is 150 g/mol. The molecule has 2 nitrogen and oxygen atoms in total. The third-order valence-corrected chi connectivity index (χ3v) is 3.06. The van der Waals surface area contributed by atoms with E-state index in [0.717, 1.165) is 19.4 Å². The van der Waals surface area contributed by atoms with Crippen LogP contribution in [0.25, 0.3) is 0 Å². The lowest BCUT2D eigenvalue weighted by atomic mass is 9.98. The van der Waals surface area contributed by atoms with Gasteiger partial charge in [-0.2, -0.15) is 0 Å². The predicted molar refractivity (Wildman–Crippen MR) is 51.2 cm³/mol. The highest BCUT2D eigenvalue weighted by Crippen LogP contribution is 2.20. The fourth-order valence-electron chi connectivity index (χ4n) is 2.05. The Morgan fingerprint density at radius 2 is 2.25 bits per heavy atom. The van der Waals surface area contributed by atoms with E-state index >= 15 is 0 Å². The van der Waals surface area contributed by atoms with Crippen LogP contribution in [0, 0.1) is 0 Å². The van der Waals surface area contributed by atoms with Crippen LogP contribution in [0.4, 0.5) is 0 Å². The molecule has 0 aromatic heterocycles. The third kappa shape index (κ3) is 2.20. The molecule has 0 bridgehead atoms. The van der Waals surface area contributed by atoms with Crippen molar-refractivity contribution >= 4 is 0 Å². The van der Waals surface area contributed by atoms with E-state index in [-0.39, 0.29) is 6.10 Å². The van der Waals surface area contributed by atoms with Crippen molar-refractivity contribution in [3.8, 4) is 0 Å². The molecule has 0 aliphatic carbocycles. The Labute approximate surface area is 75.6 Å². The molecule has 1 aliphatic rings. The summed E-state index contributed by atoms with van der Waals surface area (Å²) in [5.74, 6) is 0. The highest BCUT2D eigenvalue weighted by molar-refractivity contribution is 4.81. The second kappa shape index (κ2) is 4.24. The summed E-state index contributed by atoms with van der Waals surface area (Å²) in [5.41, 5.74) is 0. The fourth-order valence-corrected chi connectivity index (χ4v) is 2.05. The van der Waals surface area contributed by atoms with E-state index in [1.165, 1.54) is 6.42 Å². The van der Waals surface area contributed by atoms with E-state index in [9.17, 15) is 5.11 Å². The van der Waals surface area contributed by atoms with Crippen LogP contribution in [0.3, 0.4) is 0 Å². The molecule has 3 unspecified atom stereocenters. The number of likely N-dealkylation sites (tertiary alicyclic amines) is 1. The average Bonchev–Trinajstić information content (AvgIpc) is 2.03. The Morgan fingerprint density at radius 3 is 2.75 bits per heavy atom. The molecule has 0 aromatic carbocycles. The van der Waals surface area contributed by atoms with Crippen molar-refractivity contribution in [1.29, 1.82) is 0 Å². The maximum Gasteiger partial charge on any atom is 0.0567 e. The Hall–Kier alpha value is -0.0800. The topological polar surface area (TPSA) is 23.5 Å². The summed E-state index contributed by atoms with van der Waals surface area (Å²) in [6.07, 6.45) is 3.06. The van der Waals surface area contributed by atoms with Gasteiger partial charge < -0.3 is 5.11 Å². The quantitative estimate of drug-likeness (QED) is 0.682. The minimum Gasteiger partial charge on any atom is -0.393 e. The van der Waals surface area contributed by atoms with Gasteiger partial charge in [0.15, 0.2) is 0 Å². The molecule has 72 valence electrons. The lowest BCUT2D eigenvalue weighted by molar-refractivity contribution is 0.0273. The summed E-state index contributed by atoms with van der Waals surface area (Å²) < 4.78 is 0. The molecule has 0 amide bonds. The molecule has 1 fully saturated rings. The van der Waals surface area contributed by atoms with Gasteiger partial charge >= 0.3 is 0 Å². The van der Waals surface area contributed by atoms with Gasteiger partial charge in [-0.3, -0.25) is 4.90 Å². The molecule has 1 rings (SSSR count). The first-order valence-corrected chi connectivity index (χ1v) is 5.09. The third-order valence-electron chi connectivity index (χ3n) is 3.06. The zero-order chi connectivity index (χ0) is 9.14. The highest BCUT2D eigenvalue weighted by atomic mass is 16.3. The van der Waals surface area contributed by atoms with Crippen LogP contribution in [0.15, 0.2) is 0 Å². The lowest BCUT2D eigenvalue weighted by Gasteiger charge is -2.39. The van der Waals surface area contributed by atoms with Gasteiger partial charge in [-0.05, 0) is 33.1 Å². The first kappa shape index (κ1) is 10.0. The molecule has 12 heavy (non-hydrogen) atoms. The second-order valence-electron chi connectivity index (χ2n) is 4.02. The fraction of sp³-hybridized carbons (Fsp3) is 1.00. The van der Waals surface area contributed by atoms with Crippen LogP contribution in [0.1, 0.15) is 40.0 Å².